The number of carbonyl (C=O) groups is 5. The molecule has 2 atom stereocenters. The molecule has 2 saturated heterocycles. The van der Waals surface area contributed by atoms with Crippen molar-refractivity contribution in [2.45, 2.75) is 25.2 Å². The van der Waals surface area contributed by atoms with Gasteiger partial charge < -0.3 is 15.0 Å². The molecule has 0 bridgehead atoms. The van der Waals surface area contributed by atoms with E-state index >= 15 is 0 Å². The third-order valence-corrected chi connectivity index (χ3v) is 9.84. The minimum Gasteiger partial charge on any atom is -0.372 e. The van der Waals surface area contributed by atoms with Gasteiger partial charge in [0.25, 0.3) is 17.1 Å². The number of ketones is 1. The molecule has 4 amide bonds. The average molecular weight is 726 g/mol. The molecule has 7 rings (SSSR count). The summed E-state index contributed by atoms with van der Waals surface area (Å²) in [6, 6.07) is 35.1. The average Bonchev–Trinajstić information content (AvgIpc) is 3.76. The standard InChI is InChI=1S/C42H32FN3O6S/c43-30-18-16-28(17-19-30)38(47)34-12-6-7-13-35(34)41(50)46-24-32(52-25-29-10-4-5-11-33(29)27-8-2-1-3-9-27)23-36(46)39(48)44-31-20-14-26(15-21-31)22-37-40(49)45-42(51)53-37/h1-22,32,36H,23-25H2,(H,44,48)(H,45,49,51)/b37-22-/t32-,36+/m1/s1. The lowest BCUT2D eigenvalue weighted by Gasteiger charge is -2.24. The van der Waals surface area contributed by atoms with E-state index in [1.807, 2.05) is 54.6 Å². The second-order valence-corrected chi connectivity index (χ2v) is 13.5. The second-order valence-electron chi connectivity index (χ2n) is 12.5. The van der Waals surface area contributed by atoms with Gasteiger partial charge in [-0.25, -0.2) is 4.39 Å². The number of nitrogens with one attached hydrogen (secondary N) is 2. The quantitative estimate of drug-likeness (QED) is 0.113. The highest BCUT2D eigenvalue weighted by Crippen LogP contribution is 2.30. The van der Waals surface area contributed by atoms with E-state index < -0.39 is 46.7 Å². The summed E-state index contributed by atoms with van der Waals surface area (Å²) in [4.78, 5) is 67.1. The number of hydrogen-bond donors (Lipinski definition) is 2. The molecule has 9 nitrogen and oxygen atoms in total. The Kier molecular flexibility index (Phi) is 10.4. The Balaban J connectivity index is 1.13. The molecule has 0 spiro atoms. The molecule has 5 aromatic rings. The van der Waals surface area contributed by atoms with Gasteiger partial charge in [-0.1, -0.05) is 84.9 Å². The highest BCUT2D eigenvalue weighted by molar-refractivity contribution is 8.18. The first-order chi connectivity index (χ1) is 25.7. The molecule has 5 aromatic carbocycles. The summed E-state index contributed by atoms with van der Waals surface area (Å²) < 4.78 is 20.0. The van der Waals surface area contributed by atoms with Crippen molar-refractivity contribution in [1.29, 1.82) is 0 Å². The third-order valence-electron chi connectivity index (χ3n) is 9.03. The van der Waals surface area contributed by atoms with Gasteiger partial charge >= 0.3 is 0 Å². The maximum atomic E-state index is 14.4. The van der Waals surface area contributed by atoms with Crippen molar-refractivity contribution in [1.82, 2.24) is 10.2 Å². The molecule has 0 radical (unpaired) electrons. The first-order valence-electron chi connectivity index (χ1n) is 16.8. The molecular weight excluding hydrogens is 694 g/mol. The minimum atomic E-state index is -0.947. The Morgan fingerprint density at radius 3 is 2.23 bits per heavy atom. The lowest BCUT2D eigenvalue weighted by Crippen LogP contribution is -2.43. The number of amides is 4. The first-order valence-corrected chi connectivity index (χ1v) is 17.7. The summed E-state index contributed by atoms with van der Waals surface area (Å²) >= 11 is 0.812. The molecule has 0 aliphatic carbocycles. The van der Waals surface area contributed by atoms with Crippen LogP contribution in [0.25, 0.3) is 17.2 Å². The fourth-order valence-electron chi connectivity index (χ4n) is 6.38. The second kappa shape index (κ2) is 15.6. The molecule has 0 unspecified atom stereocenters. The molecule has 11 heteroatoms. The van der Waals surface area contributed by atoms with Gasteiger partial charge in [0.1, 0.15) is 11.9 Å². The summed E-state index contributed by atoms with van der Waals surface area (Å²) in [5.74, 6) is -2.37. The number of rotatable bonds is 10. The molecule has 0 aromatic heterocycles. The van der Waals surface area contributed by atoms with Crippen molar-refractivity contribution >= 4 is 52.3 Å². The van der Waals surface area contributed by atoms with Crippen molar-refractivity contribution in [2.24, 2.45) is 0 Å². The van der Waals surface area contributed by atoms with Gasteiger partial charge in [-0.3, -0.25) is 29.3 Å². The van der Waals surface area contributed by atoms with E-state index in [1.165, 1.54) is 29.2 Å². The molecule has 2 aliphatic heterocycles. The molecule has 2 aliphatic rings. The number of benzene rings is 5. The van der Waals surface area contributed by atoms with Crippen LogP contribution < -0.4 is 10.6 Å². The first kappa shape index (κ1) is 35.2. The van der Waals surface area contributed by atoms with E-state index in [1.54, 1.807) is 54.6 Å². The Hall–Kier alpha value is -6.17. The Labute approximate surface area is 308 Å². The number of carbonyl (C=O) groups excluding carboxylic acids is 5. The van der Waals surface area contributed by atoms with Gasteiger partial charge in [0.15, 0.2) is 5.78 Å². The fraction of sp³-hybridized carbons (Fsp3) is 0.119. The van der Waals surface area contributed by atoms with Crippen LogP contribution in [0.1, 0.15) is 43.8 Å². The molecule has 2 heterocycles. The smallest absolute Gasteiger partial charge is 0.290 e. The number of anilines is 1. The molecular formula is C42H32FN3O6S. The van der Waals surface area contributed by atoms with Gasteiger partial charge in [0.2, 0.25) is 5.91 Å². The van der Waals surface area contributed by atoms with Crippen LogP contribution in [0.5, 0.6) is 0 Å². The van der Waals surface area contributed by atoms with Gasteiger partial charge in [0, 0.05) is 29.8 Å². The van der Waals surface area contributed by atoms with E-state index in [-0.39, 0.29) is 41.2 Å². The number of imide groups is 1. The van der Waals surface area contributed by atoms with E-state index in [2.05, 4.69) is 10.6 Å². The Morgan fingerprint density at radius 1 is 0.830 bits per heavy atom. The predicted octanol–water partition coefficient (Wildman–Crippen LogP) is 7.49. The zero-order chi connectivity index (χ0) is 36.9. The van der Waals surface area contributed by atoms with Gasteiger partial charge in [-0.15, -0.1) is 0 Å². The maximum absolute atomic E-state index is 14.4. The van der Waals surface area contributed by atoms with E-state index in [4.69, 9.17) is 4.74 Å². The summed E-state index contributed by atoms with van der Waals surface area (Å²) in [6.07, 6.45) is 1.27. The normalized spacial score (nSPS) is 17.5. The maximum Gasteiger partial charge on any atom is 0.290 e. The fourth-order valence-corrected chi connectivity index (χ4v) is 7.07. The number of nitrogens with zero attached hydrogens (tertiary/aromatic N) is 1. The summed E-state index contributed by atoms with van der Waals surface area (Å²) in [5.41, 5.74) is 4.57. The topological polar surface area (TPSA) is 122 Å². The lowest BCUT2D eigenvalue weighted by atomic mass is 9.97. The highest BCUT2D eigenvalue weighted by atomic mass is 32.2. The van der Waals surface area contributed by atoms with E-state index in [0.717, 1.165) is 28.5 Å². The van der Waals surface area contributed by atoms with Crippen LogP contribution in [-0.4, -0.2) is 52.3 Å². The zero-order valence-corrected chi connectivity index (χ0v) is 29.0. The Morgan fingerprint density at radius 2 is 1.51 bits per heavy atom. The molecule has 2 N–H and O–H groups in total. The van der Waals surface area contributed by atoms with E-state index in [9.17, 15) is 28.4 Å². The van der Waals surface area contributed by atoms with Crippen molar-refractivity contribution in [2.75, 3.05) is 11.9 Å². The van der Waals surface area contributed by atoms with Gasteiger partial charge in [0.05, 0.1) is 23.2 Å². The largest absolute Gasteiger partial charge is 0.372 e. The SMILES string of the molecule is O=C1NC(=O)/C(=C/c2ccc(NC(=O)[C@@H]3C[C@@H](OCc4ccccc4-c4ccccc4)CN3C(=O)c3ccccc3C(=O)c3ccc(F)cc3)cc2)S1. The number of hydrogen-bond acceptors (Lipinski definition) is 7. The van der Waals surface area contributed by atoms with Crippen LogP contribution in [0.2, 0.25) is 0 Å². The van der Waals surface area contributed by atoms with Crippen molar-refractivity contribution in [3.63, 3.8) is 0 Å². The minimum absolute atomic E-state index is 0.0917. The number of thioether (sulfide) groups is 1. The zero-order valence-electron chi connectivity index (χ0n) is 28.2. The van der Waals surface area contributed by atoms with E-state index in [0.29, 0.717) is 11.3 Å². The Bertz CT molecular complexity index is 2240. The van der Waals surface area contributed by atoms with Crippen LogP contribution in [0.15, 0.2) is 132 Å². The van der Waals surface area contributed by atoms with Crippen molar-refractivity contribution < 1.29 is 33.1 Å². The molecule has 53 heavy (non-hydrogen) atoms. The van der Waals surface area contributed by atoms with Crippen LogP contribution in [0, 0.1) is 5.82 Å². The van der Waals surface area contributed by atoms with Crippen molar-refractivity contribution in [3.05, 3.63) is 166 Å². The van der Waals surface area contributed by atoms with Gasteiger partial charge in [-0.05, 0) is 82.6 Å². The highest BCUT2D eigenvalue weighted by Gasteiger charge is 2.41. The molecule has 264 valence electrons. The molecule has 0 saturated carbocycles. The van der Waals surface area contributed by atoms with Gasteiger partial charge in [-0.2, -0.15) is 0 Å². The monoisotopic (exact) mass is 725 g/mol. The van der Waals surface area contributed by atoms with Crippen LogP contribution in [0.3, 0.4) is 0 Å². The number of likely N-dealkylation sites (tertiary alicyclic amines) is 1. The predicted molar refractivity (Wildman–Crippen MR) is 200 cm³/mol. The summed E-state index contributed by atoms with van der Waals surface area (Å²) in [5, 5.41) is 4.68. The van der Waals surface area contributed by atoms with Crippen LogP contribution in [-0.2, 0) is 20.9 Å². The summed E-state index contributed by atoms with van der Waals surface area (Å²) in [7, 11) is 0. The third kappa shape index (κ3) is 8.01. The van der Waals surface area contributed by atoms with Crippen molar-refractivity contribution in [3.8, 4) is 11.1 Å². The summed E-state index contributed by atoms with van der Waals surface area (Å²) in [6.45, 7) is 0.332. The number of halogens is 1. The number of ether oxygens (including phenoxy) is 1. The molecule has 2 fully saturated rings. The van der Waals surface area contributed by atoms with Crippen LogP contribution in [0.4, 0.5) is 14.9 Å². The lowest BCUT2D eigenvalue weighted by molar-refractivity contribution is -0.120. The van der Waals surface area contributed by atoms with Crippen LogP contribution >= 0.6 is 11.8 Å².